The number of hydrogen-bond donors (Lipinski definition) is 0. The summed E-state index contributed by atoms with van der Waals surface area (Å²) in [5.74, 6) is -0.822. The fourth-order valence-corrected chi connectivity index (χ4v) is 3.06. The van der Waals surface area contributed by atoms with Crippen LogP contribution in [0.2, 0.25) is 15.1 Å². The average molecular weight is 416 g/mol. The number of esters is 2. The molecule has 0 aliphatic rings. The van der Waals surface area contributed by atoms with E-state index in [0.29, 0.717) is 24.5 Å². The van der Waals surface area contributed by atoms with Crippen LogP contribution >= 0.6 is 34.8 Å². The van der Waals surface area contributed by atoms with Gasteiger partial charge in [0.2, 0.25) is 0 Å². The third-order valence-electron chi connectivity index (χ3n) is 3.44. The molecule has 26 heavy (non-hydrogen) atoms. The van der Waals surface area contributed by atoms with Gasteiger partial charge in [0, 0.05) is 24.3 Å². The third kappa shape index (κ3) is 6.87. The van der Waals surface area contributed by atoms with Crippen molar-refractivity contribution in [1.82, 2.24) is 0 Å². The van der Waals surface area contributed by atoms with E-state index < -0.39 is 5.97 Å². The summed E-state index contributed by atoms with van der Waals surface area (Å²) < 4.78 is 10.3. The zero-order chi connectivity index (χ0) is 18.9. The van der Waals surface area contributed by atoms with Crippen molar-refractivity contribution in [2.45, 2.75) is 25.7 Å². The Bertz CT molecular complexity index is 740. The molecule has 0 aliphatic heterocycles. The van der Waals surface area contributed by atoms with Gasteiger partial charge < -0.3 is 9.47 Å². The number of ether oxygens (including phenoxy) is 2. The molecule has 0 spiro atoms. The predicted octanol–water partition coefficient (Wildman–Crippen LogP) is 5.51. The van der Waals surface area contributed by atoms with Crippen LogP contribution in [0, 0.1) is 0 Å². The van der Waals surface area contributed by atoms with Crippen molar-refractivity contribution in [3.05, 3.63) is 63.1 Å². The van der Waals surface area contributed by atoms with Gasteiger partial charge in [0.05, 0.1) is 16.7 Å². The van der Waals surface area contributed by atoms with Gasteiger partial charge >= 0.3 is 11.9 Å². The topological polar surface area (TPSA) is 52.6 Å². The molecule has 0 radical (unpaired) electrons. The normalized spacial score (nSPS) is 10.4. The van der Waals surface area contributed by atoms with Crippen LogP contribution in [-0.4, -0.2) is 18.5 Å². The highest BCUT2D eigenvalue weighted by atomic mass is 35.5. The largest absolute Gasteiger partial charge is 0.465 e. The van der Waals surface area contributed by atoms with Gasteiger partial charge in [-0.2, -0.15) is 0 Å². The van der Waals surface area contributed by atoms with Crippen LogP contribution in [0.3, 0.4) is 0 Å². The van der Waals surface area contributed by atoms with E-state index >= 15 is 0 Å². The first kappa shape index (κ1) is 20.6. The van der Waals surface area contributed by atoms with Crippen molar-refractivity contribution >= 4 is 46.7 Å². The van der Waals surface area contributed by atoms with E-state index in [4.69, 9.17) is 44.3 Å². The Hall–Kier alpha value is -1.75. The number of carbonyl (C=O) groups excluding carboxylic acids is 2. The molecule has 2 aromatic carbocycles. The highest BCUT2D eigenvalue weighted by molar-refractivity contribution is 6.40. The summed E-state index contributed by atoms with van der Waals surface area (Å²) in [6.45, 7) is 0.309. The van der Waals surface area contributed by atoms with Gasteiger partial charge in [-0.05, 0) is 24.1 Å². The maximum Gasteiger partial charge on any atom is 0.311 e. The fraction of sp³-hybridized carbons (Fsp3) is 0.263. The van der Waals surface area contributed by atoms with E-state index in [1.54, 1.807) is 0 Å². The Kier molecular flexibility index (Phi) is 8.23. The molecule has 7 heteroatoms. The maximum absolute atomic E-state index is 11.9. The monoisotopic (exact) mass is 414 g/mol. The van der Waals surface area contributed by atoms with E-state index in [2.05, 4.69) is 0 Å². The summed E-state index contributed by atoms with van der Waals surface area (Å²) in [7, 11) is 0. The van der Waals surface area contributed by atoms with Crippen LogP contribution in [0.25, 0.3) is 0 Å². The van der Waals surface area contributed by atoms with E-state index in [0.717, 1.165) is 5.56 Å². The fourth-order valence-electron chi connectivity index (χ4n) is 2.17. The Morgan fingerprint density at radius 2 is 1.50 bits per heavy atom. The molecule has 0 saturated carbocycles. The van der Waals surface area contributed by atoms with E-state index in [9.17, 15) is 9.59 Å². The van der Waals surface area contributed by atoms with Gasteiger partial charge in [-0.25, -0.2) is 0 Å². The quantitative estimate of drug-likeness (QED) is 0.421. The lowest BCUT2D eigenvalue weighted by molar-refractivity contribution is -0.143. The first-order valence-corrected chi connectivity index (χ1v) is 9.14. The second-order valence-corrected chi connectivity index (χ2v) is 6.73. The van der Waals surface area contributed by atoms with Crippen molar-refractivity contribution < 1.29 is 19.1 Å². The van der Waals surface area contributed by atoms with Crippen molar-refractivity contribution in [3.8, 4) is 5.75 Å². The standard InChI is InChI=1S/C19H17Cl3O4/c20-14-11-15(21)19(16(22)12-14)26-18(24)8-4-7-17(23)25-10-9-13-5-2-1-3-6-13/h1-3,5-6,11-12H,4,7-10H2. The highest BCUT2D eigenvalue weighted by Gasteiger charge is 2.14. The first-order chi connectivity index (χ1) is 12.5. The van der Waals surface area contributed by atoms with Crippen molar-refractivity contribution in [3.63, 3.8) is 0 Å². The zero-order valence-corrected chi connectivity index (χ0v) is 16.1. The number of carbonyl (C=O) groups is 2. The molecule has 0 N–H and O–H groups in total. The minimum atomic E-state index is -0.534. The summed E-state index contributed by atoms with van der Waals surface area (Å²) in [6, 6.07) is 12.6. The second kappa shape index (κ2) is 10.4. The summed E-state index contributed by atoms with van der Waals surface area (Å²) in [5.41, 5.74) is 1.10. The SMILES string of the molecule is O=C(CCCC(=O)Oc1c(Cl)cc(Cl)cc1Cl)OCCc1ccccc1. The Labute approximate surface area is 167 Å². The molecule has 0 saturated heterocycles. The van der Waals surface area contributed by atoms with Crippen molar-refractivity contribution in [1.29, 1.82) is 0 Å². The Morgan fingerprint density at radius 1 is 0.885 bits per heavy atom. The summed E-state index contributed by atoms with van der Waals surface area (Å²) >= 11 is 17.7. The molecule has 0 bridgehead atoms. The summed E-state index contributed by atoms with van der Waals surface area (Å²) in [6.07, 6.45) is 1.14. The molecular weight excluding hydrogens is 399 g/mol. The minimum Gasteiger partial charge on any atom is -0.465 e. The van der Waals surface area contributed by atoms with Crippen molar-refractivity contribution in [2.24, 2.45) is 0 Å². The van der Waals surface area contributed by atoms with E-state index in [-0.39, 0.29) is 34.6 Å². The average Bonchev–Trinajstić information content (AvgIpc) is 2.59. The summed E-state index contributed by atoms with van der Waals surface area (Å²) in [4.78, 5) is 23.5. The van der Waals surface area contributed by atoms with E-state index in [1.807, 2.05) is 30.3 Å². The molecular formula is C19H17Cl3O4. The smallest absolute Gasteiger partial charge is 0.311 e. The van der Waals surface area contributed by atoms with Crippen LogP contribution in [0.4, 0.5) is 0 Å². The number of halogens is 3. The molecule has 0 fully saturated rings. The molecule has 2 rings (SSSR count). The first-order valence-electron chi connectivity index (χ1n) is 8.00. The minimum absolute atomic E-state index is 0.0447. The van der Waals surface area contributed by atoms with Gasteiger partial charge in [0.15, 0.2) is 5.75 Å². The van der Waals surface area contributed by atoms with Gasteiger partial charge in [-0.3, -0.25) is 9.59 Å². The second-order valence-electron chi connectivity index (χ2n) is 5.48. The number of hydrogen-bond acceptors (Lipinski definition) is 4. The molecule has 0 atom stereocenters. The van der Waals surface area contributed by atoms with Crippen LogP contribution < -0.4 is 4.74 Å². The maximum atomic E-state index is 11.9. The number of benzene rings is 2. The van der Waals surface area contributed by atoms with Crippen LogP contribution in [0.5, 0.6) is 5.75 Å². The lowest BCUT2D eigenvalue weighted by Gasteiger charge is -2.09. The Balaban J connectivity index is 1.67. The molecule has 4 nitrogen and oxygen atoms in total. The molecule has 0 amide bonds. The molecule has 2 aromatic rings. The molecule has 0 aromatic heterocycles. The molecule has 0 aliphatic carbocycles. The molecule has 138 valence electrons. The molecule has 0 heterocycles. The van der Waals surface area contributed by atoms with Crippen LogP contribution in [0.15, 0.2) is 42.5 Å². The van der Waals surface area contributed by atoms with E-state index in [1.165, 1.54) is 12.1 Å². The van der Waals surface area contributed by atoms with Gasteiger partial charge in [-0.1, -0.05) is 65.1 Å². The van der Waals surface area contributed by atoms with Gasteiger partial charge in [-0.15, -0.1) is 0 Å². The van der Waals surface area contributed by atoms with Gasteiger partial charge in [0.25, 0.3) is 0 Å². The molecule has 0 unspecified atom stereocenters. The van der Waals surface area contributed by atoms with Crippen LogP contribution in [-0.2, 0) is 20.7 Å². The van der Waals surface area contributed by atoms with Crippen LogP contribution in [0.1, 0.15) is 24.8 Å². The lowest BCUT2D eigenvalue weighted by atomic mass is 10.2. The highest BCUT2D eigenvalue weighted by Crippen LogP contribution is 2.36. The van der Waals surface area contributed by atoms with Crippen molar-refractivity contribution in [2.75, 3.05) is 6.61 Å². The number of rotatable bonds is 8. The van der Waals surface area contributed by atoms with Gasteiger partial charge in [0.1, 0.15) is 0 Å². The summed E-state index contributed by atoms with van der Waals surface area (Å²) in [5, 5.41) is 0.644. The predicted molar refractivity (Wildman–Crippen MR) is 102 cm³/mol. The zero-order valence-electron chi connectivity index (χ0n) is 13.8. The Morgan fingerprint density at radius 3 is 2.15 bits per heavy atom. The third-order valence-corrected chi connectivity index (χ3v) is 4.22. The lowest BCUT2D eigenvalue weighted by Crippen LogP contribution is -2.11.